The molecule has 3 rings (SSSR count). The average Bonchev–Trinajstić information content (AvgIpc) is 3.26. The number of amides is 1. The van der Waals surface area contributed by atoms with Crippen molar-refractivity contribution in [3.63, 3.8) is 0 Å². The Morgan fingerprint density at radius 1 is 1.42 bits per heavy atom. The van der Waals surface area contributed by atoms with Gasteiger partial charge in [-0.15, -0.1) is 0 Å². The van der Waals surface area contributed by atoms with Crippen molar-refractivity contribution in [1.82, 2.24) is 9.97 Å². The molecule has 1 saturated heterocycles. The smallest absolute Gasteiger partial charge is 0.349 e. The summed E-state index contributed by atoms with van der Waals surface area (Å²) in [5, 5.41) is 2.94. The topological polar surface area (TPSA) is 99.6 Å². The standard InChI is InChI=1S/C15H15N3O5S/c1-21-14(20)11-7-17-15(24-11)18-13(19)9-2-4-16-12(6-9)23-10-3-5-22-8-10/h2,4,6-7,10H,3,5,8H2,1H3,(H,17,18,19). The molecule has 1 atom stereocenters. The molecule has 0 aromatic carbocycles. The Balaban J connectivity index is 1.66. The second kappa shape index (κ2) is 7.37. The zero-order chi connectivity index (χ0) is 16.9. The minimum atomic E-state index is -0.494. The number of nitrogens with zero attached hydrogens (tertiary/aromatic N) is 2. The number of ether oxygens (including phenoxy) is 3. The van der Waals surface area contributed by atoms with Gasteiger partial charge < -0.3 is 14.2 Å². The van der Waals surface area contributed by atoms with Gasteiger partial charge in [-0.2, -0.15) is 0 Å². The van der Waals surface area contributed by atoms with Gasteiger partial charge in [-0.25, -0.2) is 14.8 Å². The first kappa shape index (κ1) is 16.3. The van der Waals surface area contributed by atoms with E-state index >= 15 is 0 Å². The molecule has 3 heterocycles. The highest BCUT2D eigenvalue weighted by Gasteiger charge is 2.19. The summed E-state index contributed by atoms with van der Waals surface area (Å²) in [6.07, 6.45) is 3.61. The third kappa shape index (κ3) is 3.87. The highest BCUT2D eigenvalue weighted by Crippen LogP contribution is 2.20. The molecule has 0 radical (unpaired) electrons. The van der Waals surface area contributed by atoms with E-state index < -0.39 is 5.97 Å². The number of aromatic nitrogens is 2. The van der Waals surface area contributed by atoms with Crippen molar-refractivity contribution in [2.45, 2.75) is 12.5 Å². The van der Waals surface area contributed by atoms with Crippen LogP contribution in [0.2, 0.25) is 0 Å². The van der Waals surface area contributed by atoms with Crippen LogP contribution in [-0.4, -0.2) is 48.3 Å². The minimum absolute atomic E-state index is 0.0441. The van der Waals surface area contributed by atoms with Crippen LogP contribution in [0.5, 0.6) is 5.88 Å². The van der Waals surface area contributed by atoms with Gasteiger partial charge in [0.2, 0.25) is 5.88 Å². The first-order valence-corrected chi connectivity index (χ1v) is 8.03. The molecule has 0 spiro atoms. The lowest BCUT2D eigenvalue weighted by Crippen LogP contribution is -2.17. The summed E-state index contributed by atoms with van der Waals surface area (Å²) in [7, 11) is 1.29. The SMILES string of the molecule is COC(=O)c1cnc(NC(=O)c2ccnc(OC3CCOC3)c2)s1. The average molecular weight is 349 g/mol. The van der Waals surface area contributed by atoms with E-state index in [1.165, 1.54) is 19.5 Å². The fourth-order valence-electron chi connectivity index (χ4n) is 2.09. The number of thiazole rings is 1. The van der Waals surface area contributed by atoms with Crippen molar-refractivity contribution < 1.29 is 23.8 Å². The quantitative estimate of drug-likeness (QED) is 0.821. The Hall–Kier alpha value is -2.52. The largest absolute Gasteiger partial charge is 0.472 e. The molecule has 1 aliphatic heterocycles. The van der Waals surface area contributed by atoms with Crippen LogP contribution in [0, 0.1) is 0 Å². The van der Waals surface area contributed by atoms with Crippen LogP contribution in [0.25, 0.3) is 0 Å². The van der Waals surface area contributed by atoms with Gasteiger partial charge in [0.1, 0.15) is 11.0 Å². The number of carbonyl (C=O) groups excluding carboxylic acids is 2. The summed E-state index contributed by atoms with van der Waals surface area (Å²) in [5.41, 5.74) is 0.383. The molecule has 9 heteroatoms. The molecule has 126 valence electrons. The zero-order valence-electron chi connectivity index (χ0n) is 12.9. The second-order valence-electron chi connectivity index (χ2n) is 4.96. The van der Waals surface area contributed by atoms with Gasteiger partial charge in [-0.1, -0.05) is 11.3 Å². The van der Waals surface area contributed by atoms with E-state index in [0.29, 0.717) is 34.7 Å². The van der Waals surface area contributed by atoms with Crippen molar-refractivity contribution in [2.24, 2.45) is 0 Å². The lowest BCUT2D eigenvalue weighted by atomic mass is 10.2. The number of hydrogen-bond acceptors (Lipinski definition) is 8. The molecule has 1 fully saturated rings. The fraction of sp³-hybridized carbons (Fsp3) is 0.333. The van der Waals surface area contributed by atoms with Crippen molar-refractivity contribution >= 4 is 28.3 Å². The molecule has 1 amide bonds. The molecule has 1 aliphatic rings. The van der Waals surface area contributed by atoms with Crippen LogP contribution in [-0.2, 0) is 9.47 Å². The second-order valence-corrected chi connectivity index (χ2v) is 5.99. The number of rotatable bonds is 5. The molecule has 2 aromatic rings. The predicted molar refractivity (Wildman–Crippen MR) is 85.5 cm³/mol. The van der Waals surface area contributed by atoms with Gasteiger partial charge in [0, 0.05) is 24.2 Å². The lowest BCUT2D eigenvalue weighted by Gasteiger charge is -2.11. The Morgan fingerprint density at radius 3 is 3.04 bits per heavy atom. The summed E-state index contributed by atoms with van der Waals surface area (Å²) in [5.74, 6) is -0.491. The molecule has 0 aliphatic carbocycles. The highest BCUT2D eigenvalue weighted by molar-refractivity contribution is 7.17. The number of carbonyl (C=O) groups is 2. The van der Waals surface area contributed by atoms with Gasteiger partial charge in [0.25, 0.3) is 5.91 Å². The number of methoxy groups -OCH3 is 1. The Morgan fingerprint density at radius 2 is 2.29 bits per heavy atom. The molecule has 1 N–H and O–H groups in total. The minimum Gasteiger partial charge on any atom is -0.472 e. The molecule has 8 nitrogen and oxygen atoms in total. The van der Waals surface area contributed by atoms with Crippen LogP contribution < -0.4 is 10.1 Å². The summed E-state index contributed by atoms with van der Waals surface area (Å²) in [4.78, 5) is 32.1. The van der Waals surface area contributed by atoms with Gasteiger partial charge in [-0.05, 0) is 6.07 Å². The summed E-state index contributed by atoms with van der Waals surface area (Å²) in [6.45, 7) is 1.19. The summed E-state index contributed by atoms with van der Waals surface area (Å²) < 4.78 is 15.5. The zero-order valence-corrected chi connectivity index (χ0v) is 13.7. The van der Waals surface area contributed by atoms with Gasteiger partial charge in [-0.3, -0.25) is 10.1 Å². The highest BCUT2D eigenvalue weighted by atomic mass is 32.1. The number of nitrogens with one attached hydrogen (secondary N) is 1. The van der Waals surface area contributed by atoms with Crippen molar-refractivity contribution in [3.8, 4) is 5.88 Å². The molecule has 24 heavy (non-hydrogen) atoms. The van der Waals surface area contributed by atoms with E-state index in [9.17, 15) is 9.59 Å². The lowest BCUT2D eigenvalue weighted by molar-refractivity contribution is 0.0606. The first-order valence-electron chi connectivity index (χ1n) is 7.21. The van der Waals surface area contributed by atoms with Crippen LogP contribution in [0.3, 0.4) is 0 Å². The maximum absolute atomic E-state index is 12.3. The third-order valence-electron chi connectivity index (χ3n) is 3.29. The first-order chi connectivity index (χ1) is 11.7. The number of anilines is 1. The molecule has 0 bridgehead atoms. The van der Waals surface area contributed by atoms with Crippen LogP contribution in [0.15, 0.2) is 24.5 Å². The maximum Gasteiger partial charge on any atom is 0.349 e. The fourth-order valence-corrected chi connectivity index (χ4v) is 2.82. The summed E-state index contributed by atoms with van der Waals surface area (Å²) >= 11 is 1.04. The van der Waals surface area contributed by atoms with Crippen LogP contribution >= 0.6 is 11.3 Å². The van der Waals surface area contributed by atoms with E-state index in [0.717, 1.165) is 17.8 Å². The van der Waals surface area contributed by atoms with E-state index in [1.54, 1.807) is 12.1 Å². The van der Waals surface area contributed by atoms with Crippen molar-refractivity contribution in [1.29, 1.82) is 0 Å². The van der Waals surface area contributed by atoms with E-state index in [4.69, 9.17) is 9.47 Å². The van der Waals surface area contributed by atoms with Gasteiger partial charge >= 0.3 is 5.97 Å². The van der Waals surface area contributed by atoms with Crippen molar-refractivity contribution in [3.05, 3.63) is 35.0 Å². The van der Waals surface area contributed by atoms with Crippen LogP contribution in [0.4, 0.5) is 5.13 Å². The van der Waals surface area contributed by atoms with Gasteiger partial charge in [0.15, 0.2) is 5.13 Å². The molecule has 0 saturated carbocycles. The third-order valence-corrected chi connectivity index (χ3v) is 4.18. The predicted octanol–water partition coefficient (Wildman–Crippen LogP) is 1.74. The number of hydrogen-bond donors (Lipinski definition) is 1. The van der Waals surface area contributed by atoms with E-state index in [2.05, 4.69) is 20.0 Å². The maximum atomic E-state index is 12.3. The monoisotopic (exact) mass is 349 g/mol. The summed E-state index contributed by atoms with van der Waals surface area (Å²) in [6, 6.07) is 3.13. The Labute approximate surface area is 141 Å². The van der Waals surface area contributed by atoms with Crippen molar-refractivity contribution in [2.75, 3.05) is 25.6 Å². The molecular weight excluding hydrogens is 334 g/mol. The van der Waals surface area contributed by atoms with Gasteiger partial charge in [0.05, 0.1) is 26.5 Å². The number of pyridine rings is 1. The van der Waals surface area contributed by atoms with E-state index in [1.807, 2.05) is 0 Å². The normalized spacial score (nSPS) is 16.6. The molecule has 2 aromatic heterocycles. The van der Waals surface area contributed by atoms with Crippen LogP contribution in [0.1, 0.15) is 26.5 Å². The molecular formula is C15H15N3O5S. The Bertz CT molecular complexity index is 742. The van der Waals surface area contributed by atoms with E-state index in [-0.39, 0.29) is 12.0 Å². The molecule has 1 unspecified atom stereocenters. The number of esters is 1. The Kier molecular flexibility index (Phi) is 5.02.